The number of hydrogen-bond donors (Lipinski definition) is 2. The summed E-state index contributed by atoms with van der Waals surface area (Å²) in [5.74, 6) is -0.139. The third kappa shape index (κ3) is 5.19. The summed E-state index contributed by atoms with van der Waals surface area (Å²) in [4.78, 5) is 27.1. The fourth-order valence-electron chi connectivity index (χ4n) is 3.52. The highest BCUT2D eigenvalue weighted by Crippen LogP contribution is 2.33. The van der Waals surface area contributed by atoms with E-state index in [0.29, 0.717) is 12.8 Å². The minimum Gasteiger partial charge on any atom is -0.323 e. The maximum Gasteiger partial charge on any atom is 0.326 e. The number of unbranched alkanes of at least 4 members (excludes halogenated alkanes) is 6. The lowest BCUT2D eigenvalue weighted by Gasteiger charge is -2.38. The summed E-state index contributed by atoms with van der Waals surface area (Å²) in [6, 6.07) is -0.324. The number of nitrogens with zero attached hydrogens (tertiary/aromatic N) is 1. The molecule has 5 heteroatoms. The summed E-state index contributed by atoms with van der Waals surface area (Å²) >= 11 is 0. The van der Waals surface area contributed by atoms with E-state index in [1.54, 1.807) is 0 Å². The van der Waals surface area contributed by atoms with E-state index in [0.717, 1.165) is 51.4 Å². The number of amides is 3. The lowest BCUT2D eigenvalue weighted by atomic mass is 9.87. The van der Waals surface area contributed by atoms with Crippen molar-refractivity contribution in [3.8, 4) is 0 Å². The number of carbonyl (C=O) groups excluding carboxylic acids is 2. The van der Waals surface area contributed by atoms with Gasteiger partial charge in [0, 0.05) is 0 Å². The van der Waals surface area contributed by atoms with Crippen molar-refractivity contribution in [2.75, 3.05) is 0 Å². The van der Waals surface area contributed by atoms with Crippen LogP contribution in [0.3, 0.4) is 0 Å². The molecule has 0 aromatic carbocycles. The molecule has 0 spiro atoms. The molecular weight excluding hydrogens is 314 g/mol. The molecule has 1 aliphatic heterocycles. The Kier molecular flexibility index (Phi) is 8.39. The topological polar surface area (TPSA) is 75.4 Å². The van der Waals surface area contributed by atoms with Gasteiger partial charge in [0.2, 0.25) is 0 Å². The molecule has 1 heterocycles. The van der Waals surface area contributed by atoms with Gasteiger partial charge in [0.25, 0.3) is 5.91 Å². The number of nitrogens with two attached hydrogens (primary N) is 1. The highest BCUT2D eigenvalue weighted by Gasteiger charge is 2.55. The molecule has 1 fully saturated rings. The summed E-state index contributed by atoms with van der Waals surface area (Å²) in [6.07, 6.45) is 10.1. The summed E-state index contributed by atoms with van der Waals surface area (Å²) in [7, 11) is 0. The summed E-state index contributed by atoms with van der Waals surface area (Å²) < 4.78 is 0. The van der Waals surface area contributed by atoms with Crippen LogP contribution < -0.4 is 11.1 Å². The van der Waals surface area contributed by atoms with Crippen LogP contribution in [-0.4, -0.2) is 28.0 Å². The number of imide groups is 1. The van der Waals surface area contributed by atoms with Crippen LogP contribution in [-0.2, 0) is 4.79 Å². The van der Waals surface area contributed by atoms with Gasteiger partial charge in [-0.1, -0.05) is 66.2 Å². The fourth-order valence-corrected chi connectivity index (χ4v) is 3.52. The molecule has 0 saturated carbocycles. The number of nitrogens with one attached hydrogen (secondary N) is 1. The van der Waals surface area contributed by atoms with Crippen molar-refractivity contribution in [2.45, 2.75) is 110 Å². The first-order valence-corrected chi connectivity index (χ1v) is 10.2. The summed E-state index contributed by atoms with van der Waals surface area (Å²) in [5, 5.41) is 2.90. The first-order chi connectivity index (χ1) is 11.7. The lowest BCUT2D eigenvalue weighted by Crippen LogP contribution is -2.60. The van der Waals surface area contributed by atoms with Gasteiger partial charge in [0.05, 0.1) is 0 Å². The third-order valence-corrected chi connectivity index (χ3v) is 5.74. The van der Waals surface area contributed by atoms with Crippen molar-refractivity contribution < 1.29 is 9.59 Å². The van der Waals surface area contributed by atoms with Crippen LogP contribution in [0, 0.1) is 5.92 Å². The van der Waals surface area contributed by atoms with Crippen LogP contribution in [0.2, 0.25) is 0 Å². The number of urea groups is 1. The van der Waals surface area contributed by atoms with Crippen molar-refractivity contribution in [3.05, 3.63) is 0 Å². The zero-order valence-electron chi connectivity index (χ0n) is 17.0. The van der Waals surface area contributed by atoms with Crippen LogP contribution in [0.15, 0.2) is 0 Å². The smallest absolute Gasteiger partial charge is 0.323 e. The SMILES string of the molecule is CCCCCCC(N)(CCCCCC)N1C(=O)NC(C)(C(C)C)C1=O. The van der Waals surface area contributed by atoms with E-state index in [9.17, 15) is 9.59 Å². The second kappa shape index (κ2) is 9.56. The summed E-state index contributed by atoms with van der Waals surface area (Å²) in [6.45, 7) is 10.1. The predicted octanol–water partition coefficient (Wildman–Crippen LogP) is 4.55. The Morgan fingerprint density at radius 3 is 1.84 bits per heavy atom. The second-order valence-corrected chi connectivity index (χ2v) is 8.15. The Bertz CT molecular complexity index is 438. The van der Waals surface area contributed by atoms with Crippen LogP contribution >= 0.6 is 0 Å². The van der Waals surface area contributed by atoms with Crippen molar-refractivity contribution in [3.63, 3.8) is 0 Å². The molecule has 1 unspecified atom stereocenters. The van der Waals surface area contributed by atoms with Gasteiger partial charge >= 0.3 is 6.03 Å². The largest absolute Gasteiger partial charge is 0.326 e. The Morgan fingerprint density at radius 1 is 1.00 bits per heavy atom. The first kappa shape index (κ1) is 21.9. The van der Waals surface area contributed by atoms with E-state index in [1.807, 2.05) is 20.8 Å². The van der Waals surface area contributed by atoms with Gasteiger partial charge in [0.1, 0.15) is 11.2 Å². The maximum absolute atomic E-state index is 13.1. The van der Waals surface area contributed by atoms with E-state index in [2.05, 4.69) is 19.2 Å². The zero-order chi connectivity index (χ0) is 19.1. The van der Waals surface area contributed by atoms with Crippen LogP contribution in [0.5, 0.6) is 0 Å². The Morgan fingerprint density at radius 2 is 1.48 bits per heavy atom. The van der Waals surface area contributed by atoms with Gasteiger partial charge in [-0.05, 0) is 38.5 Å². The van der Waals surface area contributed by atoms with Gasteiger partial charge in [-0.2, -0.15) is 0 Å². The van der Waals surface area contributed by atoms with E-state index >= 15 is 0 Å². The highest BCUT2D eigenvalue weighted by molar-refractivity contribution is 6.07. The monoisotopic (exact) mass is 353 g/mol. The Balaban J connectivity index is 2.92. The minimum atomic E-state index is -0.866. The van der Waals surface area contributed by atoms with Gasteiger partial charge in [-0.25, -0.2) is 9.69 Å². The van der Waals surface area contributed by atoms with Crippen LogP contribution in [0.25, 0.3) is 0 Å². The van der Waals surface area contributed by atoms with Crippen molar-refractivity contribution in [2.24, 2.45) is 11.7 Å². The number of carbonyl (C=O) groups is 2. The molecule has 0 aromatic heterocycles. The van der Waals surface area contributed by atoms with E-state index in [-0.39, 0.29) is 17.9 Å². The molecule has 146 valence electrons. The zero-order valence-corrected chi connectivity index (χ0v) is 17.0. The summed E-state index contributed by atoms with van der Waals surface area (Å²) in [5.41, 5.74) is 5.00. The molecule has 3 N–H and O–H groups in total. The van der Waals surface area contributed by atoms with Crippen LogP contribution in [0.1, 0.15) is 98.8 Å². The van der Waals surface area contributed by atoms with Gasteiger partial charge in [-0.3, -0.25) is 4.79 Å². The van der Waals surface area contributed by atoms with E-state index < -0.39 is 11.2 Å². The lowest BCUT2D eigenvalue weighted by molar-refractivity contribution is -0.137. The molecule has 1 atom stereocenters. The number of rotatable bonds is 12. The quantitative estimate of drug-likeness (QED) is 0.399. The van der Waals surface area contributed by atoms with Gasteiger partial charge < -0.3 is 11.1 Å². The molecule has 5 nitrogen and oxygen atoms in total. The molecule has 0 aromatic rings. The van der Waals surface area contributed by atoms with Crippen molar-refractivity contribution in [1.82, 2.24) is 10.2 Å². The average Bonchev–Trinajstić information content (AvgIpc) is 2.79. The Hall–Kier alpha value is -1.10. The highest BCUT2D eigenvalue weighted by atomic mass is 16.2. The van der Waals surface area contributed by atoms with Crippen molar-refractivity contribution in [1.29, 1.82) is 0 Å². The molecule has 1 rings (SSSR count). The standard InChI is InChI=1S/C20H39N3O2/c1-6-8-10-12-14-20(21,15-13-11-9-7-2)23-17(24)19(5,16(3)4)22-18(23)25/h16H,6-15,21H2,1-5H3,(H,22,25). The second-order valence-electron chi connectivity index (χ2n) is 8.15. The van der Waals surface area contributed by atoms with E-state index in [4.69, 9.17) is 5.73 Å². The predicted molar refractivity (Wildman–Crippen MR) is 103 cm³/mol. The normalized spacial score (nSPS) is 21.3. The van der Waals surface area contributed by atoms with Gasteiger partial charge in [0.15, 0.2) is 0 Å². The maximum atomic E-state index is 13.1. The molecule has 0 aliphatic carbocycles. The van der Waals surface area contributed by atoms with Crippen molar-refractivity contribution >= 4 is 11.9 Å². The minimum absolute atomic E-state index is 0.0263. The number of hydrogen-bond acceptors (Lipinski definition) is 3. The molecule has 3 amide bonds. The molecule has 0 bridgehead atoms. The van der Waals surface area contributed by atoms with Crippen LogP contribution in [0.4, 0.5) is 4.79 Å². The molecule has 25 heavy (non-hydrogen) atoms. The molecular formula is C20H39N3O2. The molecule has 1 saturated heterocycles. The Labute approximate surface area is 154 Å². The van der Waals surface area contributed by atoms with E-state index in [1.165, 1.54) is 4.90 Å². The first-order valence-electron chi connectivity index (χ1n) is 10.2. The molecule has 1 aliphatic rings. The third-order valence-electron chi connectivity index (χ3n) is 5.74. The average molecular weight is 354 g/mol. The fraction of sp³-hybridized carbons (Fsp3) is 0.900. The van der Waals surface area contributed by atoms with Gasteiger partial charge in [-0.15, -0.1) is 0 Å². The molecule has 0 radical (unpaired) electrons.